The second kappa shape index (κ2) is 5.46. The summed E-state index contributed by atoms with van der Waals surface area (Å²) in [5.74, 6) is 0.678. The van der Waals surface area contributed by atoms with Crippen molar-refractivity contribution in [3.8, 4) is 0 Å². The topological polar surface area (TPSA) is 21.3 Å². The molecular weight excluding hydrogens is 198 g/mol. The molecule has 16 heavy (non-hydrogen) atoms. The van der Waals surface area contributed by atoms with Crippen LogP contribution < -0.4 is 5.32 Å². The van der Waals surface area contributed by atoms with E-state index in [4.69, 9.17) is 4.74 Å². The van der Waals surface area contributed by atoms with Gasteiger partial charge in [0.2, 0.25) is 0 Å². The third-order valence-electron chi connectivity index (χ3n) is 3.50. The molecule has 1 aliphatic rings. The number of methoxy groups -OCH3 is 1. The van der Waals surface area contributed by atoms with Crippen LogP contribution in [0.25, 0.3) is 0 Å². The Hall–Kier alpha value is -0.860. The summed E-state index contributed by atoms with van der Waals surface area (Å²) in [4.78, 5) is 0. The van der Waals surface area contributed by atoms with E-state index in [1.807, 2.05) is 0 Å². The number of hydrogen-bond donors (Lipinski definition) is 1. The van der Waals surface area contributed by atoms with Gasteiger partial charge in [-0.2, -0.15) is 0 Å². The molecule has 1 heterocycles. The molecule has 1 aromatic rings. The Bertz CT molecular complexity index is 331. The maximum atomic E-state index is 5.36. The zero-order valence-corrected chi connectivity index (χ0v) is 10.2. The Morgan fingerprint density at radius 3 is 3.00 bits per heavy atom. The van der Waals surface area contributed by atoms with Crippen molar-refractivity contribution in [1.29, 1.82) is 0 Å². The van der Waals surface area contributed by atoms with Crippen LogP contribution in [0.2, 0.25) is 0 Å². The van der Waals surface area contributed by atoms with Crippen LogP contribution in [0.1, 0.15) is 42.9 Å². The first kappa shape index (κ1) is 11.6. The van der Waals surface area contributed by atoms with Crippen molar-refractivity contribution in [3.63, 3.8) is 0 Å². The van der Waals surface area contributed by atoms with Crippen LogP contribution in [-0.4, -0.2) is 20.2 Å². The second-order valence-electron chi connectivity index (χ2n) is 4.59. The van der Waals surface area contributed by atoms with Crippen LogP contribution >= 0.6 is 0 Å². The van der Waals surface area contributed by atoms with Crippen molar-refractivity contribution in [1.82, 2.24) is 5.32 Å². The molecule has 1 aromatic carbocycles. The maximum Gasteiger partial charge on any atom is 0.0793 e. The summed E-state index contributed by atoms with van der Waals surface area (Å²) in [6, 6.07) is 8.83. The molecule has 0 aromatic heterocycles. The van der Waals surface area contributed by atoms with Crippen LogP contribution in [0.4, 0.5) is 0 Å². The SMILES string of the molecule is COC(C)c1cccc(C2CCCNC2)c1. The maximum absolute atomic E-state index is 5.36. The Balaban J connectivity index is 2.14. The van der Waals surface area contributed by atoms with Gasteiger partial charge >= 0.3 is 0 Å². The van der Waals surface area contributed by atoms with Crippen LogP contribution in [0, 0.1) is 0 Å². The highest BCUT2D eigenvalue weighted by Crippen LogP contribution is 2.26. The lowest BCUT2D eigenvalue weighted by molar-refractivity contribution is 0.119. The molecule has 2 rings (SSSR count). The number of ether oxygens (including phenoxy) is 1. The molecule has 0 spiro atoms. The number of benzene rings is 1. The minimum Gasteiger partial charge on any atom is -0.377 e. The molecule has 2 heteroatoms. The summed E-state index contributed by atoms with van der Waals surface area (Å²) in [7, 11) is 1.76. The monoisotopic (exact) mass is 219 g/mol. The van der Waals surface area contributed by atoms with Crippen molar-refractivity contribution >= 4 is 0 Å². The fourth-order valence-corrected chi connectivity index (χ4v) is 2.34. The molecule has 1 aliphatic heterocycles. The molecule has 0 aliphatic carbocycles. The predicted molar refractivity (Wildman–Crippen MR) is 66.7 cm³/mol. The largest absolute Gasteiger partial charge is 0.377 e. The van der Waals surface area contributed by atoms with Crippen molar-refractivity contribution in [2.75, 3.05) is 20.2 Å². The highest BCUT2D eigenvalue weighted by molar-refractivity contribution is 5.28. The molecule has 1 saturated heterocycles. The fraction of sp³-hybridized carbons (Fsp3) is 0.571. The highest BCUT2D eigenvalue weighted by Gasteiger charge is 2.15. The first-order chi connectivity index (χ1) is 7.81. The third kappa shape index (κ3) is 2.63. The molecular formula is C14H21NO. The van der Waals surface area contributed by atoms with Crippen molar-refractivity contribution in [2.45, 2.75) is 31.8 Å². The van der Waals surface area contributed by atoms with E-state index in [-0.39, 0.29) is 6.10 Å². The summed E-state index contributed by atoms with van der Waals surface area (Å²) in [5.41, 5.74) is 2.74. The van der Waals surface area contributed by atoms with Crippen LogP contribution in [-0.2, 0) is 4.74 Å². The number of piperidine rings is 1. The summed E-state index contributed by atoms with van der Waals surface area (Å²) in [6.45, 7) is 4.38. The average Bonchev–Trinajstić information content (AvgIpc) is 2.39. The van der Waals surface area contributed by atoms with E-state index in [1.54, 1.807) is 7.11 Å². The molecule has 1 N–H and O–H groups in total. The first-order valence-electron chi connectivity index (χ1n) is 6.14. The van der Waals surface area contributed by atoms with Gasteiger partial charge in [0.25, 0.3) is 0 Å². The number of nitrogens with one attached hydrogen (secondary N) is 1. The third-order valence-corrected chi connectivity index (χ3v) is 3.50. The van der Waals surface area contributed by atoms with E-state index < -0.39 is 0 Å². The summed E-state index contributed by atoms with van der Waals surface area (Å²) in [5, 5.41) is 3.46. The van der Waals surface area contributed by atoms with Gasteiger partial charge in [-0.05, 0) is 43.4 Å². The van der Waals surface area contributed by atoms with Gasteiger partial charge in [0.1, 0.15) is 0 Å². The Morgan fingerprint density at radius 1 is 1.44 bits per heavy atom. The normalized spacial score (nSPS) is 23.0. The quantitative estimate of drug-likeness (QED) is 0.844. The van der Waals surface area contributed by atoms with Gasteiger partial charge in [-0.3, -0.25) is 0 Å². The Morgan fingerprint density at radius 2 is 2.31 bits per heavy atom. The van der Waals surface area contributed by atoms with E-state index in [0.29, 0.717) is 5.92 Å². The molecule has 2 unspecified atom stereocenters. The molecule has 1 fully saturated rings. The van der Waals surface area contributed by atoms with Crippen LogP contribution in [0.5, 0.6) is 0 Å². The van der Waals surface area contributed by atoms with Gasteiger partial charge < -0.3 is 10.1 Å². The average molecular weight is 219 g/mol. The molecule has 0 saturated carbocycles. The van der Waals surface area contributed by atoms with E-state index >= 15 is 0 Å². The molecule has 2 atom stereocenters. The summed E-state index contributed by atoms with van der Waals surface area (Å²) < 4.78 is 5.36. The molecule has 88 valence electrons. The first-order valence-corrected chi connectivity index (χ1v) is 6.14. The lowest BCUT2D eigenvalue weighted by Gasteiger charge is -2.24. The van der Waals surface area contributed by atoms with Crippen molar-refractivity contribution in [2.24, 2.45) is 0 Å². The predicted octanol–water partition coefficient (Wildman–Crippen LogP) is 2.86. The number of hydrogen-bond acceptors (Lipinski definition) is 2. The van der Waals surface area contributed by atoms with E-state index in [9.17, 15) is 0 Å². The van der Waals surface area contributed by atoms with Crippen molar-refractivity contribution in [3.05, 3.63) is 35.4 Å². The lowest BCUT2D eigenvalue weighted by Crippen LogP contribution is -2.28. The summed E-state index contributed by atoms with van der Waals surface area (Å²) in [6.07, 6.45) is 2.78. The number of rotatable bonds is 3. The molecule has 2 nitrogen and oxygen atoms in total. The Labute approximate surface area is 98.0 Å². The van der Waals surface area contributed by atoms with Gasteiger partial charge in [0.05, 0.1) is 6.10 Å². The van der Waals surface area contributed by atoms with Gasteiger partial charge in [-0.25, -0.2) is 0 Å². The standard InChI is InChI=1S/C14H21NO/c1-11(16-2)12-5-3-6-13(9-12)14-7-4-8-15-10-14/h3,5-6,9,11,14-15H,4,7-8,10H2,1-2H3. The van der Waals surface area contributed by atoms with Crippen LogP contribution in [0.15, 0.2) is 24.3 Å². The van der Waals surface area contributed by atoms with E-state index in [1.165, 1.54) is 30.5 Å². The van der Waals surface area contributed by atoms with Gasteiger partial charge in [0.15, 0.2) is 0 Å². The lowest BCUT2D eigenvalue weighted by atomic mass is 9.90. The van der Waals surface area contributed by atoms with Crippen molar-refractivity contribution < 1.29 is 4.74 Å². The summed E-state index contributed by atoms with van der Waals surface area (Å²) >= 11 is 0. The highest BCUT2D eigenvalue weighted by atomic mass is 16.5. The van der Waals surface area contributed by atoms with E-state index in [0.717, 1.165) is 6.54 Å². The minimum absolute atomic E-state index is 0.191. The zero-order chi connectivity index (χ0) is 11.4. The van der Waals surface area contributed by atoms with E-state index in [2.05, 4.69) is 36.5 Å². The Kier molecular flexibility index (Phi) is 3.97. The van der Waals surface area contributed by atoms with Gasteiger partial charge in [-0.1, -0.05) is 24.3 Å². The minimum atomic E-state index is 0.191. The fourth-order valence-electron chi connectivity index (χ4n) is 2.34. The van der Waals surface area contributed by atoms with Crippen LogP contribution in [0.3, 0.4) is 0 Å². The molecule has 0 bridgehead atoms. The molecule has 0 amide bonds. The zero-order valence-electron chi connectivity index (χ0n) is 10.2. The van der Waals surface area contributed by atoms with Gasteiger partial charge in [0, 0.05) is 13.7 Å². The smallest absolute Gasteiger partial charge is 0.0793 e. The molecule has 0 radical (unpaired) electrons. The second-order valence-corrected chi connectivity index (χ2v) is 4.59. The van der Waals surface area contributed by atoms with Gasteiger partial charge in [-0.15, -0.1) is 0 Å².